The second kappa shape index (κ2) is 7.31. The lowest BCUT2D eigenvalue weighted by Gasteiger charge is -2.30. The van der Waals surface area contributed by atoms with Gasteiger partial charge in [-0.15, -0.1) is 0 Å². The average Bonchev–Trinajstić information content (AvgIpc) is 3.35. The van der Waals surface area contributed by atoms with Crippen LogP contribution in [0.4, 0.5) is 5.69 Å². The van der Waals surface area contributed by atoms with Crippen molar-refractivity contribution < 1.29 is 19.1 Å². The van der Waals surface area contributed by atoms with Crippen LogP contribution in [-0.4, -0.2) is 36.1 Å². The van der Waals surface area contributed by atoms with Gasteiger partial charge in [-0.3, -0.25) is 9.59 Å². The first-order valence-electron chi connectivity index (χ1n) is 9.15. The SMILES string of the molecule is CC(=O)N1CCCC1C(=O)N(Cc1ccc2c(c1)OCO2)c1ccccc1. The van der Waals surface area contributed by atoms with E-state index in [2.05, 4.69) is 0 Å². The van der Waals surface area contributed by atoms with E-state index in [1.165, 1.54) is 6.92 Å². The van der Waals surface area contributed by atoms with E-state index < -0.39 is 6.04 Å². The van der Waals surface area contributed by atoms with Crippen LogP contribution in [0.5, 0.6) is 11.5 Å². The zero-order valence-corrected chi connectivity index (χ0v) is 15.3. The normalized spacial score (nSPS) is 17.8. The summed E-state index contributed by atoms with van der Waals surface area (Å²) in [7, 11) is 0. The van der Waals surface area contributed by atoms with Crippen LogP contribution in [0, 0.1) is 0 Å². The van der Waals surface area contributed by atoms with Crippen molar-refractivity contribution in [3.05, 3.63) is 54.1 Å². The number of fused-ring (bicyclic) bond motifs is 1. The van der Waals surface area contributed by atoms with Gasteiger partial charge in [0.15, 0.2) is 11.5 Å². The van der Waals surface area contributed by atoms with E-state index in [-0.39, 0.29) is 18.6 Å². The molecule has 4 rings (SSSR count). The maximum absolute atomic E-state index is 13.4. The van der Waals surface area contributed by atoms with Gasteiger partial charge in [0.2, 0.25) is 18.6 Å². The van der Waals surface area contributed by atoms with E-state index in [0.717, 1.165) is 23.4 Å². The third kappa shape index (κ3) is 3.47. The Morgan fingerprint density at radius 2 is 1.89 bits per heavy atom. The summed E-state index contributed by atoms with van der Waals surface area (Å²) in [5.41, 5.74) is 1.76. The summed E-state index contributed by atoms with van der Waals surface area (Å²) in [5.74, 6) is 1.31. The fourth-order valence-electron chi connectivity index (χ4n) is 3.71. The molecule has 2 aliphatic rings. The minimum Gasteiger partial charge on any atom is -0.454 e. The summed E-state index contributed by atoms with van der Waals surface area (Å²) in [4.78, 5) is 28.7. The first-order chi connectivity index (χ1) is 13.1. The number of ether oxygens (including phenoxy) is 2. The average molecular weight is 366 g/mol. The van der Waals surface area contributed by atoms with Crippen molar-refractivity contribution in [3.63, 3.8) is 0 Å². The number of likely N-dealkylation sites (tertiary alicyclic amines) is 1. The highest BCUT2D eigenvalue weighted by atomic mass is 16.7. The third-order valence-electron chi connectivity index (χ3n) is 5.05. The van der Waals surface area contributed by atoms with Crippen molar-refractivity contribution in [2.24, 2.45) is 0 Å². The van der Waals surface area contributed by atoms with Crippen LogP contribution < -0.4 is 14.4 Å². The van der Waals surface area contributed by atoms with Gasteiger partial charge in [0.05, 0.1) is 6.54 Å². The van der Waals surface area contributed by atoms with Gasteiger partial charge < -0.3 is 19.3 Å². The fourth-order valence-corrected chi connectivity index (χ4v) is 3.71. The third-order valence-corrected chi connectivity index (χ3v) is 5.05. The number of rotatable bonds is 4. The Bertz CT molecular complexity index is 853. The second-order valence-electron chi connectivity index (χ2n) is 6.82. The Kier molecular flexibility index (Phi) is 4.71. The Balaban J connectivity index is 1.63. The minimum atomic E-state index is -0.406. The lowest BCUT2D eigenvalue weighted by Crippen LogP contribution is -2.47. The Morgan fingerprint density at radius 1 is 1.11 bits per heavy atom. The number of anilines is 1. The minimum absolute atomic E-state index is 0.0495. The quantitative estimate of drug-likeness (QED) is 0.835. The molecule has 2 aromatic rings. The van der Waals surface area contributed by atoms with Crippen molar-refractivity contribution >= 4 is 17.5 Å². The zero-order chi connectivity index (χ0) is 18.8. The zero-order valence-electron chi connectivity index (χ0n) is 15.3. The van der Waals surface area contributed by atoms with E-state index >= 15 is 0 Å². The van der Waals surface area contributed by atoms with Crippen molar-refractivity contribution in [1.82, 2.24) is 4.90 Å². The molecule has 2 aromatic carbocycles. The molecule has 2 amide bonds. The van der Waals surface area contributed by atoms with Crippen LogP contribution in [0.25, 0.3) is 0 Å². The van der Waals surface area contributed by atoms with Crippen molar-refractivity contribution in [2.45, 2.75) is 32.4 Å². The second-order valence-corrected chi connectivity index (χ2v) is 6.82. The number of hydrogen-bond acceptors (Lipinski definition) is 4. The van der Waals surface area contributed by atoms with E-state index in [4.69, 9.17) is 9.47 Å². The summed E-state index contributed by atoms with van der Waals surface area (Å²) in [6.07, 6.45) is 1.55. The molecule has 27 heavy (non-hydrogen) atoms. The van der Waals surface area contributed by atoms with Gasteiger partial charge in [-0.25, -0.2) is 0 Å². The molecule has 1 atom stereocenters. The van der Waals surface area contributed by atoms with E-state index in [0.29, 0.717) is 25.3 Å². The molecule has 0 bridgehead atoms. The number of nitrogens with zero attached hydrogens (tertiary/aromatic N) is 2. The number of para-hydroxylation sites is 1. The molecule has 0 saturated carbocycles. The molecule has 1 saturated heterocycles. The topological polar surface area (TPSA) is 59.1 Å². The predicted octanol–water partition coefficient (Wildman–Crippen LogP) is 2.96. The standard InChI is InChI=1S/C21H22N2O4/c1-15(24)22-11-5-8-18(22)21(25)23(17-6-3-2-4-7-17)13-16-9-10-19-20(12-16)27-14-26-19/h2-4,6-7,9-10,12,18H,5,8,11,13-14H2,1H3. The molecule has 2 aliphatic heterocycles. The van der Waals surface area contributed by atoms with Crippen LogP contribution in [0.3, 0.4) is 0 Å². The largest absolute Gasteiger partial charge is 0.454 e. The van der Waals surface area contributed by atoms with Gasteiger partial charge in [0.25, 0.3) is 0 Å². The van der Waals surface area contributed by atoms with E-state index in [1.54, 1.807) is 9.80 Å². The number of hydrogen-bond donors (Lipinski definition) is 0. The lowest BCUT2D eigenvalue weighted by molar-refractivity contribution is -0.135. The first kappa shape index (κ1) is 17.4. The number of carbonyl (C=O) groups excluding carboxylic acids is 2. The van der Waals surface area contributed by atoms with Crippen LogP contribution >= 0.6 is 0 Å². The van der Waals surface area contributed by atoms with Crippen LogP contribution in [0.1, 0.15) is 25.3 Å². The lowest BCUT2D eigenvalue weighted by atomic mass is 10.1. The fraction of sp³-hybridized carbons (Fsp3) is 0.333. The highest BCUT2D eigenvalue weighted by molar-refractivity contribution is 5.99. The molecule has 0 N–H and O–H groups in total. The first-order valence-corrected chi connectivity index (χ1v) is 9.15. The molecule has 0 spiro atoms. The van der Waals surface area contributed by atoms with Crippen molar-refractivity contribution in [2.75, 3.05) is 18.2 Å². The van der Waals surface area contributed by atoms with E-state index in [1.807, 2.05) is 48.5 Å². The summed E-state index contributed by atoms with van der Waals surface area (Å²) in [6, 6.07) is 14.9. The molecule has 6 heteroatoms. The smallest absolute Gasteiger partial charge is 0.250 e. The summed E-state index contributed by atoms with van der Waals surface area (Å²) < 4.78 is 10.8. The van der Waals surface area contributed by atoms with Gasteiger partial charge >= 0.3 is 0 Å². The van der Waals surface area contributed by atoms with Gasteiger partial charge in [-0.05, 0) is 42.7 Å². The molecule has 0 radical (unpaired) electrons. The summed E-state index contributed by atoms with van der Waals surface area (Å²) >= 11 is 0. The molecule has 6 nitrogen and oxygen atoms in total. The highest BCUT2D eigenvalue weighted by Crippen LogP contribution is 2.33. The highest BCUT2D eigenvalue weighted by Gasteiger charge is 2.35. The molecule has 1 unspecified atom stereocenters. The summed E-state index contributed by atoms with van der Waals surface area (Å²) in [6.45, 7) is 2.78. The monoisotopic (exact) mass is 366 g/mol. The maximum atomic E-state index is 13.4. The van der Waals surface area contributed by atoms with Crippen LogP contribution in [0.15, 0.2) is 48.5 Å². The van der Waals surface area contributed by atoms with Crippen LogP contribution in [-0.2, 0) is 16.1 Å². The van der Waals surface area contributed by atoms with Gasteiger partial charge in [0, 0.05) is 19.2 Å². The Labute approximate surface area is 158 Å². The number of carbonyl (C=O) groups is 2. The Hall–Kier alpha value is -3.02. The Morgan fingerprint density at radius 3 is 2.67 bits per heavy atom. The summed E-state index contributed by atoms with van der Waals surface area (Å²) in [5, 5.41) is 0. The molecule has 140 valence electrons. The maximum Gasteiger partial charge on any atom is 0.250 e. The van der Waals surface area contributed by atoms with Crippen molar-refractivity contribution in [3.8, 4) is 11.5 Å². The van der Waals surface area contributed by atoms with Gasteiger partial charge in [-0.1, -0.05) is 24.3 Å². The number of amides is 2. The predicted molar refractivity (Wildman–Crippen MR) is 101 cm³/mol. The molecular formula is C21H22N2O4. The molecule has 0 aromatic heterocycles. The molecule has 2 heterocycles. The molecule has 0 aliphatic carbocycles. The molecule has 1 fully saturated rings. The molecular weight excluding hydrogens is 344 g/mol. The van der Waals surface area contributed by atoms with Gasteiger partial charge in [-0.2, -0.15) is 0 Å². The number of benzene rings is 2. The van der Waals surface area contributed by atoms with Crippen molar-refractivity contribution in [1.29, 1.82) is 0 Å². The van der Waals surface area contributed by atoms with E-state index in [9.17, 15) is 9.59 Å². The van der Waals surface area contributed by atoms with Gasteiger partial charge in [0.1, 0.15) is 6.04 Å². The van der Waals surface area contributed by atoms with Crippen LogP contribution in [0.2, 0.25) is 0 Å².